The van der Waals surface area contributed by atoms with Gasteiger partial charge in [0, 0.05) is 12.3 Å². The molecule has 0 aliphatic rings. The SMILES string of the molecule is O=C(O)CCSCC(=O)NCCc1ccc(F)cc1. The van der Waals surface area contributed by atoms with Gasteiger partial charge in [0.1, 0.15) is 5.82 Å². The Morgan fingerprint density at radius 1 is 1.26 bits per heavy atom. The van der Waals surface area contributed by atoms with Gasteiger partial charge in [0.2, 0.25) is 5.91 Å². The van der Waals surface area contributed by atoms with Gasteiger partial charge in [-0.15, -0.1) is 0 Å². The van der Waals surface area contributed by atoms with E-state index in [9.17, 15) is 14.0 Å². The van der Waals surface area contributed by atoms with Crippen molar-refractivity contribution in [3.05, 3.63) is 35.6 Å². The Morgan fingerprint density at radius 2 is 1.95 bits per heavy atom. The average molecular weight is 285 g/mol. The maximum atomic E-state index is 12.7. The number of hydrogen-bond donors (Lipinski definition) is 2. The highest BCUT2D eigenvalue weighted by Gasteiger charge is 2.03. The number of carboxylic acid groups (broad SMARTS) is 1. The summed E-state index contributed by atoms with van der Waals surface area (Å²) in [7, 11) is 0. The van der Waals surface area contributed by atoms with Crippen LogP contribution in [0.4, 0.5) is 4.39 Å². The summed E-state index contributed by atoms with van der Waals surface area (Å²) in [4.78, 5) is 21.6. The molecule has 0 saturated heterocycles. The summed E-state index contributed by atoms with van der Waals surface area (Å²) in [5.74, 6) is -0.554. The minimum Gasteiger partial charge on any atom is -0.481 e. The lowest BCUT2D eigenvalue weighted by Gasteiger charge is -2.05. The number of carboxylic acids is 1. The van der Waals surface area contributed by atoms with Crippen LogP contribution >= 0.6 is 11.8 Å². The molecular weight excluding hydrogens is 269 g/mol. The zero-order chi connectivity index (χ0) is 14.1. The molecule has 19 heavy (non-hydrogen) atoms. The number of carbonyl (C=O) groups excluding carboxylic acids is 1. The Labute approximate surface area is 115 Å². The van der Waals surface area contributed by atoms with Crippen LogP contribution in [-0.2, 0) is 16.0 Å². The van der Waals surface area contributed by atoms with Crippen LogP contribution in [0.25, 0.3) is 0 Å². The van der Waals surface area contributed by atoms with Crippen molar-refractivity contribution in [2.45, 2.75) is 12.8 Å². The van der Waals surface area contributed by atoms with Gasteiger partial charge in [-0.3, -0.25) is 9.59 Å². The van der Waals surface area contributed by atoms with Crippen molar-refractivity contribution in [3.8, 4) is 0 Å². The van der Waals surface area contributed by atoms with Crippen LogP contribution < -0.4 is 5.32 Å². The summed E-state index contributed by atoms with van der Waals surface area (Å²) >= 11 is 1.30. The number of rotatable bonds is 8. The number of hydrogen-bond acceptors (Lipinski definition) is 3. The van der Waals surface area contributed by atoms with Crippen molar-refractivity contribution >= 4 is 23.6 Å². The first-order valence-corrected chi connectivity index (χ1v) is 7.04. The minimum atomic E-state index is -0.857. The molecule has 0 spiro atoms. The third kappa shape index (κ3) is 7.46. The fraction of sp³-hybridized carbons (Fsp3) is 0.385. The van der Waals surface area contributed by atoms with Crippen LogP contribution in [0, 0.1) is 5.82 Å². The van der Waals surface area contributed by atoms with Gasteiger partial charge in [-0.2, -0.15) is 11.8 Å². The van der Waals surface area contributed by atoms with Gasteiger partial charge in [0.05, 0.1) is 12.2 Å². The van der Waals surface area contributed by atoms with Crippen molar-refractivity contribution < 1.29 is 19.1 Å². The van der Waals surface area contributed by atoms with Crippen LogP contribution in [0.1, 0.15) is 12.0 Å². The van der Waals surface area contributed by atoms with E-state index >= 15 is 0 Å². The molecular formula is C13H16FNO3S. The highest BCUT2D eigenvalue weighted by molar-refractivity contribution is 7.99. The zero-order valence-corrected chi connectivity index (χ0v) is 11.2. The molecule has 0 bridgehead atoms. The number of thioether (sulfide) groups is 1. The molecule has 1 amide bonds. The standard InChI is InChI=1S/C13H16FNO3S/c14-11-3-1-10(2-4-11)5-7-15-12(16)9-19-8-6-13(17)18/h1-4H,5-9H2,(H,15,16)(H,17,18). The number of nitrogens with one attached hydrogen (secondary N) is 1. The Morgan fingerprint density at radius 3 is 2.58 bits per heavy atom. The van der Waals surface area contributed by atoms with E-state index in [1.165, 1.54) is 23.9 Å². The third-order valence-corrected chi connectivity index (χ3v) is 3.30. The topological polar surface area (TPSA) is 66.4 Å². The predicted octanol–water partition coefficient (Wildman–Crippen LogP) is 1.69. The van der Waals surface area contributed by atoms with Crippen molar-refractivity contribution in [2.75, 3.05) is 18.1 Å². The zero-order valence-electron chi connectivity index (χ0n) is 10.4. The Balaban J connectivity index is 2.10. The molecule has 0 unspecified atom stereocenters. The molecule has 0 aliphatic carbocycles. The van der Waals surface area contributed by atoms with Crippen LogP contribution in [-0.4, -0.2) is 35.0 Å². The maximum Gasteiger partial charge on any atom is 0.304 e. The second-order valence-corrected chi connectivity index (χ2v) is 5.03. The van der Waals surface area contributed by atoms with Gasteiger partial charge >= 0.3 is 5.97 Å². The van der Waals surface area contributed by atoms with Crippen LogP contribution in [0.2, 0.25) is 0 Å². The van der Waals surface area contributed by atoms with Crippen molar-refractivity contribution in [1.82, 2.24) is 5.32 Å². The molecule has 6 heteroatoms. The summed E-state index contributed by atoms with van der Waals surface area (Å²) in [6, 6.07) is 6.14. The second kappa shape index (κ2) is 8.53. The second-order valence-electron chi connectivity index (χ2n) is 3.92. The summed E-state index contributed by atoms with van der Waals surface area (Å²) in [6.07, 6.45) is 0.708. The number of amides is 1. The minimum absolute atomic E-state index is 0.0630. The lowest BCUT2D eigenvalue weighted by molar-refractivity contribution is -0.136. The monoisotopic (exact) mass is 285 g/mol. The van der Waals surface area contributed by atoms with Crippen LogP contribution in [0.15, 0.2) is 24.3 Å². The van der Waals surface area contributed by atoms with Crippen LogP contribution in [0.3, 0.4) is 0 Å². The highest BCUT2D eigenvalue weighted by atomic mass is 32.2. The van der Waals surface area contributed by atoms with Crippen molar-refractivity contribution in [3.63, 3.8) is 0 Å². The first kappa shape index (κ1) is 15.5. The molecule has 104 valence electrons. The number of carbonyl (C=O) groups is 2. The highest BCUT2D eigenvalue weighted by Crippen LogP contribution is 2.04. The molecule has 0 aliphatic heterocycles. The fourth-order valence-corrected chi connectivity index (χ4v) is 2.12. The molecule has 1 aromatic rings. The van der Waals surface area contributed by atoms with Gasteiger partial charge in [-0.25, -0.2) is 4.39 Å². The van der Waals surface area contributed by atoms with E-state index in [-0.39, 0.29) is 23.9 Å². The van der Waals surface area contributed by atoms with E-state index < -0.39 is 5.97 Å². The third-order valence-electron chi connectivity index (χ3n) is 2.34. The average Bonchev–Trinajstić information content (AvgIpc) is 2.37. The van der Waals surface area contributed by atoms with Crippen molar-refractivity contribution in [2.24, 2.45) is 0 Å². The molecule has 2 N–H and O–H groups in total. The fourth-order valence-electron chi connectivity index (χ4n) is 1.37. The van der Waals surface area contributed by atoms with Crippen molar-refractivity contribution in [1.29, 1.82) is 0 Å². The number of halogens is 1. The molecule has 1 rings (SSSR count). The van der Waals surface area contributed by atoms with Crippen LogP contribution in [0.5, 0.6) is 0 Å². The Hall–Kier alpha value is -1.56. The molecule has 1 aromatic carbocycles. The summed E-state index contributed by atoms with van der Waals surface area (Å²) in [5, 5.41) is 11.2. The first-order chi connectivity index (χ1) is 9.08. The summed E-state index contributed by atoms with van der Waals surface area (Å²) in [5.41, 5.74) is 0.959. The Bertz CT molecular complexity index is 422. The van der Waals surface area contributed by atoms with Gasteiger partial charge in [-0.05, 0) is 24.1 Å². The summed E-state index contributed by atoms with van der Waals surface area (Å²) in [6.45, 7) is 0.490. The predicted molar refractivity (Wildman–Crippen MR) is 72.7 cm³/mol. The van der Waals surface area contributed by atoms with Gasteiger partial charge in [-0.1, -0.05) is 12.1 Å². The lowest BCUT2D eigenvalue weighted by atomic mass is 10.1. The van der Waals surface area contributed by atoms with E-state index in [1.54, 1.807) is 12.1 Å². The number of aliphatic carboxylic acids is 1. The number of benzene rings is 1. The van der Waals surface area contributed by atoms with Gasteiger partial charge in [0.25, 0.3) is 0 Å². The largest absolute Gasteiger partial charge is 0.481 e. The normalized spacial score (nSPS) is 10.2. The molecule has 0 heterocycles. The van der Waals surface area contributed by atoms with Gasteiger partial charge < -0.3 is 10.4 Å². The van der Waals surface area contributed by atoms with Gasteiger partial charge in [0.15, 0.2) is 0 Å². The van der Waals surface area contributed by atoms with E-state index in [4.69, 9.17) is 5.11 Å². The van der Waals surface area contributed by atoms with E-state index in [0.29, 0.717) is 18.7 Å². The molecule has 4 nitrogen and oxygen atoms in total. The molecule has 0 radical (unpaired) electrons. The molecule has 0 aromatic heterocycles. The van der Waals surface area contributed by atoms with E-state index in [1.807, 2.05) is 0 Å². The first-order valence-electron chi connectivity index (χ1n) is 5.88. The molecule has 0 saturated carbocycles. The Kier molecular flexibility index (Phi) is 6.95. The molecule has 0 fully saturated rings. The molecule has 0 atom stereocenters. The lowest BCUT2D eigenvalue weighted by Crippen LogP contribution is -2.27. The van der Waals surface area contributed by atoms with E-state index in [2.05, 4.69) is 5.32 Å². The summed E-state index contributed by atoms with van der Waals surface area (Å²) < 4.78 is 12.7. The quantitative estimate of drug-likeness (QED) is 0.713. The smallest absolute Gasteiger partial charge is 0.304 e. The maximum absolute atomic E-state index is 12.7. The van der Waals surface area contributed by atoms with E-state index in [0.717, 1.165) is 5.56 Å².